The largest absolute Gasteiger partial charge is 0.328 e. The molecule has 27 heavy (non-hydrogen) atoms. The van der Waals surface area contributed by atoms with Crippen molar-refractivity contribution in [3.05, 3.63) is 83.9 Å². The summed E-state index contributed by atoms with van der Waals surface area (Å²) in [5, 5.41) is 4.73. The number of rotatable bonds is 2. The molecule has 0 spiro atoms. The molecule has 0 fully saturated rings. The van der Waals surface area contributed by atoms with Crippen LogP contribution < -0.4 is 0 Å². The molecule has 1 atom stereocenters. The normalized spacial score (nSPS) is 18.7. The third-order valence-corrected chi connectivity index (χ3v) is 6.14. The SMILES string of the molecule is C[C@]1(OP(O)O)Cc2ccc3ccccc3c2-c2c1ccc1ccccc21. The molecule has 0 unspecified atom stereocenters. The van der Waals surface area contributed by atoms with Crippen molar-refractivity contribution in [2.24, 2.45) is 0 Å². The van der Waals surface area contributed by atoms with E-state index in [9.17, 15) is 9.79 Å². The highest BCUT2D eigenvalue weighted by Gasteiger charge is 2.39. The summed E-state index contributed by atoms with van der Waals surface area (Å²) in [6.07, 6.45) is 0.596. The van der Waals surface area contributed by atoms with Gasteiger partial charge in [-0.2, -0.15) is 0 Å². The van der Waals surface area contributed by atoms with Crippen LogP contribution >= 0.6 is 8.60 Å². The second-order valence-electron chi connectivity index (χ2n) is 7.28. The lowest BCUT2D eigenvalue weighted by Crippen LogP contribution is -2.31. The van der Waals surface area contributed by atoms with Gasteiger partial charge in [-0.05, 0) is 50.7 Å². The number of fused-ring (bicyclic) bond motifs is 7. The first-order chi connectivity index (χ1) is 13.1. The first-order valence-corrected chi connectivity index (χ1v) is 10.1. The molecule has 4 aromatic carbocycles. The van der Waals surface area contributed by atoms with Crippen LogP contribution in [0.2, 0.25) is 0 Å². The third kappa shape index (κ3) is 2.59. The summed E-state index contributed by atoms with van der Waals surface area (Å²) in [5.41, 5.74) is 3.73. The van der Waals surface area contributed by atoms with Crippen LogP contribution in [0.15, 0.2) is 72.8 Å². The Morgan fingerprint density at radius 3 is 2.04 bits per heavy atom. The van der Waals surface area contributed by atoms with Crippen molar-refractivity contribution < 1.29 is 14.3 Å². The van der Waals surface area contributed by atoms with Gasteiger partial charge in [-0.3, -0.25) is 0 Å². The lowest BCUT2D eigenvalue weighted by molar-refractivity contribution is 0.0695. The standard InChI is InChI=1S/C23H19O3P/c1-23(26-27(24)25)14-17-11-10-15-6-2-4-8-18(15)21(17)22-19-9-5-3-7-16(19)12-13-20(22)23/h2-13,24-25H,14H2,1H3/t23-/m0/s1. The van der Waals surface area contributed by atoms with E-state index in [1.165, 1.54) is 16.3 Å². The monoisotopic (exact) mass is 374 g/mol. The van der Waals surface area contributed by atoms with E-state index in [4.69, 9.17) is 4.52 Å². The summed E-state index contributed by atoms with van der Waals surface area (Å²) in [6.45, 7) is 1.94. The highest BCUT2D eigenvalue weighted by molar-refractivity contribution is 7.39. The summed E-state index contributed by atoms with van der Waals surface area (Å²) in [4.78, 5) is 19.3. The van der Waals surface area contributed by atoms with E-state index < -0.39 is 14.2 Å². The molecular weight excluding hydrogens is 355 g/mol. The van der Waals surface area contributed by atoms with Crippen molar-refractivity contribution in [2.45, 2.75) is 18.9 Å². The van der Waals surface area contributed by atoms with Gasteiger partial charge in [0.1, 0.15) is 5.60 Å². The quantitative estimate of drug-likeness (QED) is 0.445. The van der Waals surface area contributed by atoms with E-state index in [1.54, 1.807) is 0 Å². The molecule has 0 aliphatic heterocycles. The van der Waals surface area contributed by atoms with Crippen LogP contribution in [0, 0.1) is 0 Å². The average Bonchev–Trinajstić information content (AvgIpc) is 2.66. The highest BCUT2D eigenvalue weighted by atomic mass is 31.2. The summed E-state index contributed by atoms with van der Waals surface area (Å²) < 4.78 is 5.70. The molecule has 0 bridgehead atoms. The molecule has 0 aromatic heterocycles. The number of hydrogen-bond acceptors (Lipinski definition) is 3. The van der Waals surface area contributed by atoms with Gasteiger partial charge in [0, 0.05) is 6.42 Å². The van der Waals surface area contributed by atoms with Gasteiger partial charge in [0.05, 0.1) is 0 Å². The zero-order valence-electron chi connectivity index (χ0n) is 14.9. The second kappa shape index (κ2) is 6.12. The Hall–Kier alpha value is -2.29. The van der Waals surface area contributed by atoms with Crippen molar-refractivity contribution in [1.82, 2.24) is 0 Å². The van der Waals surface area contributed by atoms with E-state index >= 15 is 0 Å². The van der Waals surface area contributed by atoms with Gasteiger partial charge in [0.15, 0.2) is 0 Å². The molecule has 0 saturated heterocycles. The number of benzene rings is 4. The smallest absolute Gasteiger partial charge is 0.327 e. The van der Waals surface area contributed by atoms with E-state index in [1.807, 2.05) is 19.1 Å². The molecule has 4 aromatic rings. The van der Waals surface area contributed by atoms with E-state index in [2.05, 4.69) is 60.7 Å². The summed E-state index contributed by atoms with van der Waals surface area (Å²) >= 11 is 0. The second-order valence-corrected chi connectivity index (χ2v) is 7.97. The van der Waals surface area contributed by atoms with Crippen molar-refractivity contribution >= 4 is 30.1 Å². The molecule has 3 nitrogen and oxygen atoms in total. The van der Waals surface area contributed by atoms with Gasteiger partial charge in [-0.1, -0.05) is 72.8 Å². The third-order valence-electron chi connectivity index (χ3n) is 5.58. The van der Waals surface area contributed by atoms with Crippen molar-refractivity contribution in [2.75, 3.05) is 0 Å². The van der Waals surface area contributed by atoms with E-state index in [-0.39, 0.29) is 0 Å². The zero-order chi connectivity index (χ0) is 18.6. The minimum atomic E-state index is -2.46. The Morgan fingerprint density at radius 2 is 1.37 bits per heavy atom. The minimum absolute atomic E-state index is 0.596. The van der Waals surface area contributed by atoms with Crippen LogP contribution in [0.3, 0.4) is 0 Å². The van der Waals surface area contributed by atoms with Gasteiger partial charge in [0.2, 0.25) is 0 Å². The molecule has 1 aliphatic rings. The van der Waals surface area contributed by atoms with Crippen molar-refractivity contribution in [3.63, 3.8) is 0 Å². The molecule has 1 aliphatic carbocycles. The van der Waals surface area contributed by atoms with Crippen molar-refractivity contribution in [3.8, 4) is 11.1 Å². The minimum Gasteiger partial charge on any atom is -0.328 e. The summed E-state index contributed by atoms with van der Waals surface area (Å²) in [7, 11) is -2.46. The molecule has 0 heterocycles. The van der Waals surface area contributed by atoms with Gasteiger partial charge >= 0.3 is 8.60 Å². The van der Waals surface area contributed by atoms with Crippen molar-refractivity contribution in [1.29, 1.82) is 0 Å². The Bertz CT molecular complexity index is 1180. The van der Waals surface area contributed by atoms with Crippen LogP contribution in [0.4, 0.5) is 0 Å². The predicted octanol–water partition coefficient (Wildman–Crippen LogP) is 5.66. The van der Waals surface area contributed by atoms with Crippen LogP contribution in [-0.4, -0.2) is 9.79 Å². The lowest BCUT2D eigenvalue weighted by Gasteiger charge is -2.38. The molecule has 2 N–H and O–H groups in total. The van der Waals surface area contributed by atoms with Crippen LogP contribution in [-0.2, 0) is 16.5 Å². The van der Waals surface area contributed by atoms with E-state index in [0.717, 1.165) is 27.5 Å². The van der Waals surface area contributed by atoms with Crippen LogP contribution in [0.1, 0.15) is 18.1 Å². The molecule has 0 radical (unpaired) electrons. The predicted molar refractivity (Wildman–Crippen MR) is 110 cm³/mol. The molecular formula is C23H19O3P. The van der Waals surface area contributed by atoms with Gasteiger partial charge in [0.25, 0.3) is 0 Å². The Balaban J connectivity index is 1.93. The Labute approximate surface area is 158 Å². The van der Waals surface area contributed by atoms with Gasteiger partial charge in [-0.25, -0.2) is 0 Å². The molecule has 5 rings (SSSR count). The number of hydrogen-bond donors (Lipinski definition) is 2. The highest BCUT2D eigenvalue weighted by Crippen LogP contribution is 2.52. The average molecular weight is 374 g/mol. The van der Waals surface area contributed by atoms with Crippen LogP contribution in [0.5, 0.6) is 0 Å². The summed E-state index contributed by atoms with van der Waals surface area (Å²) in [6, 6.07) is 25.2. The fraction of sp³-hybridized carbons (Fsp3) is 0.130. The Morgan fingerprint density at radius 1 is 0.778 bits per heavy atom. The first-order valence-electron chi connectivity index (χ1n) is 8.97. The topological polar surface area (TPSA) is 49.7 Å². The maximum absolute atomic E-state index is 9.63. The fourth-order valence-corrected chi connectivity index (χ4v) is 4.98. The van der Waals surface area contributed by atoms with Crippen LogP contribution in [0.25, 0.3) is 32.7 Å². The first kappa shape index (κ1) is 16.9. The summed E-state index contributed by atoms with van der Waals surface area (Å²) in [5.74, 6) is 0. The van der Waals surface area contributed by atoms with Gasteiger partial charge in [-0.15, -0.1) is 0 Å². The van der Waals surface area contributed by atoms with E-state index in [0.29, 0.717) is 6.42 Å². The van der Waals surface area contributed by atoms with Gasteiger partial charge < -0.3 is 14.3 Å². The maximum Gasteiger partial charge on any atom is 0.327 e. The zero-order valence-corrected chi connectivity index (χ0v) is 15.8. The fourth-order valence-electron chi connectivity index (χ4n) is 4.46. The Kier molecular flexibility index (Phi) is 3.82. The molecule has 0 amide bonds. The molecule has 0 saturated carbocycles. The maximum atomic E-state index is 9.63. The lowest BCUT2D eigenvalue weighted by atomic mass is 9.73. The molecule has 134 valence electrons. The molecule has 4 heteroatoms.